The highest BCUT2D eigenvalue weighted by Crippen LogP contribution is 2.33. The van der Waals surface area contributed by atoms with Gasteiger partial charge in [0.2, 0.25) is 5.91 Å². The summed E-state index contributed by atoms with van der Waals surface area (Å²) in [7, 11) is 3.48. The van der Waals surface area contributed by atoms with Crippen molar-refractivity contribution in [2.45, 2.75) is 13.8 Å². The third-order valence-corrected chi connectivity index (χ3v) is 4.19. The van der Waals surface area contributed by atoms with Crippen molar-refractivity contribution in [1.29, 1.82) is 0 Å². The summed E-state index contributed by atoms with van der Waals surface area (Å²) in [5, 5.41) is 2.62. The number of rotatable bonds is 4. The van der Waals surface area contributed by atoms with Crippen LogP contribution < -0.4 is 21.7 Å². The lowest BCUT2D eigenvalue weighted by atomic mass is 10.0. The number of carbonyl (C=O) groups excluding carboxylic acids is 2. The summed E-state index contributed by atoms with van der Waals surface area (Å²) in [5.74, 6) is -0.623. The van der Waals surface area contributed by atoms with Gasteiger partial charge >= 0.3 is 0 Å². The molecule has 0 heterocycles. The zero-order valence-corrected chi connectivity index (χ0v) is 14.3. The van der Waals surface area contributed by atoms with Crippen LogP contribution in [-0.2, 0) is 0 Å². The van der Waals surface area contributed by atoms with Crippen molar-refractivity contribution in [2.24, 2.45) is 5.73 Å². The second-order valence-corrected chi connectivity index (χ2v) is 5.67. The number of hydrogen-bond acceptors (Lipinski definition) is 4. The zero-order chi connectivity index (χ0) is 18.0. The van der Waals surface area contributed by atoms with E-state index in [-0.39, 0.29) is 5.91 Å². The van der Waals surface area contributed by atoms with Crippen molar-refractivity contribution in [3.8, 4) is 0 Å². The minimum atomic E-state index is -0.501. The van der Waals surface area contributed by atoms with Gasteiger partial charge in [-0.1, -0.05) is 0 Å². The quantitative estimate of drug-likeness (QED) is 0.749. The predicted molar refractivity (Wildman–Crippen MR) is 96.7 cm³/mol. The first-order chi connectivity index (χ1) is 11.3. The molecule has 0 aromatic heterocycles. The summed E-state index contributed by atoms with van der Waals surface area (Å²) >= 11 is 0. The van der Waals surface area contributed by atoms with Gasteiger partial charge in [-0.3, -0.25) is 9.59 Å². The van der Waals surface area contributed by atoms with Crippen LogP contribution in [0.15, 0.2) is 30.3 Å². The molecule has 24 heavy (non-hydrogen) atoms. The van der Waals surface area contributed by atoms with E-state index in [4.69, 9.17) is 11.5 Å². The van der Waals surface area contributed by atoms with E-state index in [1.807, 2.05) is 31.0 Å². The van der Waals surface area contributed by atoms with Gasteiger partial charge in [0.15, 0.2) is 0 Å². The van der Waals surface area contributed by atoms with Crippen LogP contribution in [-0.4, -0.2) is 25.9 Å². The van der Waals surface area contributed by atoms with E-state index in [1.165, 1.54) is 0 Å². The van der Waals surface area contributed by atoms with Crippen molar-refractivity contribution in [3.63, 3.8) is 0 Å². The first-order valence-corrected chi connectivity index (χ1v) is 7.53. The lowest BCUT2D eigenvalue weighted by molar-refractivity contribution is 0.0960. The summed E-state index contributed by atoms with van der Waals surface area (Å²) in [4.78, 5) is 25.1. The third-order valence-electron chi connectivity index (χ3n) is 4.19. The van der Waals surface area contributed by atoms with Crippen LogP contribution in [0.4, 0.5) is 17.1 Å². The second kappa shape index (κ2) is 6.62. The predicted octanol–water partition coefficient (Wildman–Crippen LogP) is 2.11. The molecule has 0 bridgehead atoms. The standard InChI is InChI=1S/C18H22N4O2/c1-10-9-12(5-6-13(10)18(24)21-3)22(4)15-8-7-14(17(20)23)11(2)16(15)19/h5-9H,19H2,1-4H3,(H2,20,23)(H,21,24). The Morgan fingerprint density at radius 1 is 1.08 bits per heavy atom. The highest BCUT2D eigenvalue weighted by molar-refractivity contribution is 5.98. The minimum Gasteiger partial charge on any atom is -0.397 e. The average Bonchev–Trinajstić information content (AvgIpc) is 2.55. The number of anilines is 3. The molecule has 0 radical (unpaired) electrons. The van der Waals surface area contributed by atoms with Crippen molar-refractivity contribution in [3.05, 3.63) is 52.6 Å². The Morgan fingerprint density at radius 3 is 2.25 bits per heavy atom. The number of aryl methyl sites for hydroxylation is 1. The highest BCUT2D eigenvalue weighted by Gasteiger charge is 2.16. The van der Waals surface area contributed by atoms with Crippen molar-refractivity contribution < 1.29 is 9.59 Å². The molecular weight excluding hydrogens is 304 g/mol. The van der Waals surface area contributed by atoms with Crippen LogP contribution in [0, 0.1) is 13.8 Å². The molecule has 2 amide bonds. The zero-order valence-electron chi connectivity index (χ0n) is 14.3. The van der Waals surface area contributed by atoms with Gasteiger partial charge in [0.25, 0.3) is 5.91 Å². The number of hydrogen-bond donors (Lipinski definition) is 3. The van der Waals surface area contributed by atoms with E-state index < -0.39 is 5.91 Å². The summed E-state index contributed by atoms with van der Waals surface area (Å²) in [5.41, 5.74) is 16.3. The van der Waals surface area contributed by atoms with E-state index in [2.05, 4.69) is 5.32 Å². The Morgan fingerprint density at radius 2 is 1.71 bits per heavy atom. The summed E-state index contributed by atoms with van der Waals surface area (Å²) < 4.78 is 0. The molecule has 2 rings (SSSR count). The number of primary amides is 1. The Kier molecular flexibility index (Phi) is 4.78. The molecule has 0 atom stereocenters. The van der Waals surface area contributed by atoms with Gasteiger partial charge in [0.05, 0.1) is 11.4 Å². The van der Waals surface area contributed by atoms with E-state index in [1.54, 1.807) is 32.2 Å². The molecule has 0 spiro atoms. The summed E-state index contributed by atoms with van der Waals surface area (Å²) in [6.07, 6.45) is 0. The van der Waals surface area contributed by atoms with E-state index in [9.17, 15) is 9.59 Å². The molecule has 0 fully saturated rings. The molecule has 6 nitrogen and oxygen atoms in total. The first kappa shape index (κ1) is 17.3. The van der Waals surface area contributed by atoms with Gasteiger partial charge in [-0.25, -0.2) is 0 Å². The fraction of sp³-hybridized carbons (Fsp3) is 0.222. The van der Waals surface area contributed by atoms with Gasteiger partial charge in [0.1, 0.15) is 0 Å². The largest absolute Gasteiger partial charge is 0.397 e. The molecule has 0 aliphatic carbocycles. The topological polar surface area (TPSA) is 101 Å². The Hall–Kier alpha value is -3.02. The monoisotopic (exact) mass is 326 g/mol. The maximum absolute atomic E-state index is 11.8. The van der Waals surface area contributed by atoms with Gasteiger partial charge in [0, 0.05) is 30.9 Å². The number of benzene rings is 2. The molecule has 2 aromatic carbocycles. The van der Waals surface area contributed by atoms with Crippen molar-refractivity contribution in [1.82, 2.24) is 5.32 Å². The number of nitrogens with one attached hydrogen (secondary N) is 1. The van der Waals surface area contributed by atoms with Crippen molar-refractivity contribution >= 4 is 28.9 Å². The van der Waals surface area contributed by atoms with E-state index in [0.717, 1.165) is 16.9 Å². The van der Waals surface area contributed by atoms with Crippen LogP contribution in [0.2, 0.25) is 0 Å². The molecule has 0 unspecified atom stereocenters. The lowest BCUT2D eigenvalue weighted by Gasteiger charge is -2.24. The van der Waals surface area contributed by atoms with Crippen LogP contribution in [0.25, 0.3) is 0 Å². The first-order valence-electron chi connectivity index (χ1n) is 7.53. The second-order valence-electron chi connectivity index (χ2n) is 5.67. The SMILES string of the molecule is CNC(=O)c1ccc(N(C)c2ccc(C(N)=O)c(C)c2N)cc1C. The fourth-order valence-corrected chi connectivity index (χ4v) is 2.66. The maximum Gasteiger partial charge on any atom is 0.251 e. The van der Waals surface area contributed by atoms with Gasteiger partial charge in [-0.05, 0) is 55.3 Å². The van der Waals surface area contributed by atoms with Crippen LogP contribution >= 0.6 is 0 Å². The van der Waals surface area contributed by atoms with Gasteiger partial charge < -0.3 is 21.7 Å². The Balaban J connectivity index is 2.44. The number of nitrogen functional groups attached to an aromatic ring is 1. The van der Waals surface area contributed by atoms with Crippen molar-refractivity contribution in [2.75, 3.05) is 24.7 Å². The lowest BCUT2D eigenvalue weighted by Crippen LogP contribution is -2.20. The van der Waals surface area contributed by atoms with Crippen LogP contribution in [0.5, 0.6) is 0 Å². The summed E-state index contributed by atoms with van der Waals surface area (Å²) in [6, 6.07) is 8.99. The molecule has 2 aromatic rings. The Labute approximate surface area is 141 Å². The maximum atomic E-state index is 11.8. The van der Waals surface area contributed by atoms with Crippen LogP contribution in [0.1, 0.15) is 31.8 Å². The Bertz CT molecular complexity index is 815. The summed E-state index contributed by atoms with van der Waals surface area (Å²) in [6.45, 7) is 3.65. The number of nitrogens with two attached hydrogens (primary N) is 2. The molecule has 0 saturated heterocycles. The molecule has 126 valence electrons. The molecule has 0 saturated carbocycles. The molecule has 5 N–H and O–H groups in total. The normalized spacial score (nSPS) is 10.3. The smallest absolute Gasteiger partial charge is 0.251 e. The molecular formula is C18H22N4O2. The number of amides is 2. The molecule has 0 aliphatic heterocycles. The number of nitrogens with zero attached hydrogens (tertiary/aromatic N) is 1. The minimum absolute atomic E-state index is 0.122. The average molecular weight is 326 g/mol. The van der Waals surface area contributed by atoms with Gasteiger partial charge in [-0.15, -0.1) is 0 Å². The van der Waals surface area contributed by atoms with Crippen LogP contribution in [0.3, 0.4) is 0 Å². The van der Waals surface area contributed by atoms with Gasteiger partial charge in [-0.2, -0.15) is 0 Å². The van der Waals surface area contributed by atoms with E-state index >= 15 is 0 Å². The molecule has 0 aliphatic rings. The molecule has 6 heteroatoms. The number of carbonyl (C=O) groups is 2. The van der Waals surface area contributed by atoms with E-state index in [0.29, 0.717) is 22.4 Å². The fourth-order valence-electron chi connectivity index (χ4n) is 2.66. The highest BCUT2D eigenvalue weighted by atomic mass is 16.1. The third kappa shape index (κ3) is 3.03.